The molecule has 1 saturated heterocycles. The molecule has 1 aliphatic heterocycles. The zero-order valence-electron chi connectivity index (χ0n) is 12.5. The SMILES string of the molecule is CCCC(C(=O)c1ccc(C(F)(F)F)cc1)N1CCCC1.Cl. The van der Waals surface area contributed by atoms with Gasteiger partial charge in [-0.1, -0.05) is 25.5 Å². The average molecular weight is 336 g/mol. The van der Waals surface area contributed by atoms with Crippen LogP contribution >= 0.6 is 12.4 Å². The second-order valence-corrected chi connectivity index (χ2v) is 5.49. The van der Waals surface area contributed by atoms with Crippen molar-refractivity contribution in [3.63, 3.8) is 0 Å². The molecule has 22 heavy (non-hydrogen) atoms. The van der Waals surface area contributed by atoms with Crippen molar-refractivity contribution in [2.75, 3.05) is 13.1 Å². The lowest BCUT2D eigenvalue weighted by molar-refractivity contribution is -0.137. The number of alkyl halides is 3. The highest BCUT2D eigenvalue weighted by atomic mass is 35.5. The summed E-state index contributed by atoms with van der Waals surface area (Å²) in [6, 6.07) is 4.36. The molecule has 1 aliphatic rings. The van der Waals surface area contributed by atoms with E-state index in [4.69, 9.17) is 0 Å². The van der Waals surface area contributed by atoms with Crippen LogP contribution in [0, 0.1) is 0 Å². The highest BCUT2D eigenvalue weighted by Gasteiger charge is 2.31. The molecule has 1 heterocycles. The summed E-state index contributed by atoms with van der Waals surface area (Å²) in [7, 11) is 0. The van der Waals surface area contributed by atoms with Gasteiger partial charge < -0.3 is 0 Å². The molecule has 0 N–H and O–H groups in total. The number of benzene rings is 1. The van der Waals surface area contributed by atoms with E-state index in [-0.39, 0.29) is 24.2 Å². The van der Waals surface area contributed by atoms with Crippen molar-refractivity contribution >= 4 is 18.2 Å². The molecular weight excluding hydrogens is 315 g/mol. The van der Waals surface area contributed by atoms with Crippen molar-refractivity contribution in [3.05, 3.63) is 35.4 Å². The minimum Gasteiger partial charge on any atom is -0.293 e. The van der Waals surface area contributed by atoms with E-state index in [0.29, 0.717) is 5.56 Å². The van der Waals surface area contributed by atoms with Crippen LogP contribution in [0.1, 0.15) is 48.5 Å². The van der Waals surface area contributed by atoms with E-state index in [1.807, 2.05) is 6.92 Å². The Morgan fingerprint density at radius 1 is 1.18 bits per heavy atom. The number of halogens is 4. The van der Waals surface area contributed by atoms with E-state index < -0.39 is 11.7 Å². The molecule has 1 atom stereocenters. The zero-order valence-corrected chi connectivity index (χ0v) is 13.3. The van der Waals surface area contributed by atoms with Crippen molar-refractivity contribution < 1.29 is 18.0 Å². The number of hydrogen-bond acceptors (Lipinski definition) is 2. The lowest BCUT2D eigenvalue weighted by Crippen LogP contribution is -2.39. The summed E-state index contributed by atoms with van der Waals surface area (Å²) in [5.74, 6) is -0.0625. The number of rotatable bonds is 5. The number of carbonyl (C=O) groups excluding carboxylic acids is 1. The van der Waals surface area contributed by atoms with Crippen molar-refractivity contribution in [1.29, 1.82) is 0 Å². The van der Waals surface area contributed by atoms with Gasteiger partial charge in [0.15, 0.2) is 5.78 Å². The maximum Gasteiger partial charge on any atom is 0.416 e. The Morgan fingerprint density at radius 2 is 1.73 bits per heavy atom. The van der Waals surface area contributed by atoms with Gasteiger partial charge in [-0.25, -0.2) is 0 Å². The molecule has 6 heteroatoms. The molecule has 1 aromatic carbocycles. The molecular formula is C16H21ClF3NO. The Morgan fingerprint density at radius 3 is 2.18 bits per heavy atom. The fourth-order valence-electron chi connectivity index (χ4n) is 2.82. The standard InChI is InChI=1S/C16H20F3NO.ClH/c1-2-5-14(20-10-3-4-11-20)15(21)12-6-8-13(9-7-12)16(17,18)19;/h6-9,14H,2-5,10-11H2,1H3;1H. The molecule has 0 saturated carbocycles. The van der Waals surface area contributed by atoms with Gasteiger partial charge in [-0.15, -0.1) is 12.4 Å². The van der Waals surface area contributed by atoms with Gasteiger partial charge in [0.2, 0.25) is 0 Å². The van der Waals surface area contributed by atoms with Crippen LogP contribution in [0.3, 0.4) is 0 Å². The van der Waals surface area contributed by atoms with Crippen LogP contribution in [0.15, 0.2) is 24.3 Å². The van der Waals surface area contributed by atoms with Gasteiger partial charge >= 0.3 is 6.18 Å². The van der Waals surface area contributed by atoms with Crippen LogP contribution in [0.5, 0.6) is 0 Å². The van der Waals surface area contributed by atoms with Crippen LogP contribution in [-0.4, -0.2) is 29.8 Å². The third-order valence-electron chi connectivity index (χ3n) is 3.94. The van der Waals surface area contributed by atoms with Gasteiger partial charge in [0.05, 0.1) is 11.6 Å². The molecule has 1 aromatic rings. The quantitative estimate of drug-likeness (QED) is 0.734. The second-order valence-electron chi connectivity index (χ2n) is 5.49. The molecule has 0 amide bonds. The van der Waals surface area contributed by atoms with Crippen LogP contribution in [0.25, 0.3) is 0 Å². The fraction of sp³-hybridized carbons (Fsp3) is 0.562. The Kier molecular flexibility index (Phi) is 6.88. The molecule has 1 unspecified atom stereocenters. The van der Waals surface area contributed by atoms with Crippen LogP contribution in [-0.2, 0) is 6.18 Å². The van der Waals surface area contributed by atoms with Gasteiger partial charge in [-0.2, -0.15) is 13.2 Å². The first-order valence-corrected chi connectivity index (χ1v) is 7.39. The fourth-order valence-corrected chi connectivity index (χ4v) is 2.82. The van der Waals surface area contributed by atoms with Gasteiger partial charge in [0, 0.05) is 5.56 Å². The van der Waals surface area contributed by atoms with Gasteiger partial charge in [-0.05, 0) is 44.5 Å². The molecule has 0 aliphatic carbocycles. The summed E-state index contributed by atoms with van der Waals surface area (Å²) in [5.41, 5.74) is -0.347. The smallest absolute Gasteiger partial charge is 0.293 e. The van der Waals surface area contributed by atoms with Crippen molar-refractivity contribution in [2.24, 2.45) is 0 Å². The molecule has 0 aromatic heterocycles. The van der Waals surface area contributed by atoms with Crippen molar-refractivity contribution in [1.82, 2.24) is 4.90 Å². The Hall–Kier alpha value is -1.07. The highest BCUT2D eigenvalue weighted by molar-refractivity contribution is 6.00. The highest BCUT2D eigenvalue weighted by Crippen LogP contribution is 2.29. The molecule has 0 bridgehead atoms. The minimum absolute atomic E-state index is 0. The molecule has 0 radical (unpaired) electrons. The van der Waals surface area contributed by atoms with E-state index in [9.17, 15) is 18.0 Å². The summed E-state index contributed by atoms with van der Waals surface area (Å²) in [5, 5.41) is 0. The number of Topliss-reactive ketones (excluding diaryl/α,β-unsaturated/α-hetero) is 1. The molecule has 2 rings (SSSR count). The number of nitrogens with zero attached hydrogens (tertiary/aromatic N) is 1. The topological polar surface area (TPSA) is 20.3 Å². The minimum atomic E-state index is -4.36. The van der Waals surface area contributed by atoms with Gasteiger partial charge in [0.1, 0.15) is 0 Å². The van der Waals surface area contributed by atoms with Crippen LogP contribution < -0.4 is 0 Å². The first kappa shape index (κ1) is 19.0. The van der Waals surface area contributed by atoms with Crippen LogP contribution in [0.2, 0.25) is 0 Å². The predicted octanol–water partition coefficient (Wildman–Crippen LogP) is 4.57. The number of hydrogen-bond donors (Lipinski definition) is 0. The van der Waals surface area contributed by atoms with Gasteiger partial charge in [-0.3, -0.25) is 9.69 Å². The lowest BCUT2D eigenvalue weighted by atomic mass is 9.98. The number of carbonyl (C=O) groups is 1. The van der Waals surface area contributed by atoms with Crippen molar-refractivity contribution in [3.8, 4) is 0 Å². The molecule has 124 valence electrons. The summed E-state index contributed by atoms with van der Waals surface area (Å²) in [4.78, 5) is 14.7. The van der Waals surface area contributed by atoms with E-state index in [2.05, 4.69) is 4.90 Å². The van der Waals surface area contributed by atoms with E-state index in [1.54, 1.807) is 0 Å². The largest absolute Gasteiger partial charge is 0.416 e. The zero-order chi connectivity index (χ0) is 15.5. The van der Waals surface area contributed by atoms with E-state index in [1.165, 1.54) is 12.1 Å². The molecule has 1 fully saturated rings. The number of likely N-dealkylation sites (tertiary alicyclic amines) is 1. The third-order valence-corrected chi connectivity index (χ3v) is 3.94. The normalized spacial score (nSPS) is 17.1. The number of ketones is 1. The summed E-state index contributed by atoms with van der Waals surface area (Å²) < 4.78 is 37.7. The summed E-state index contributed by atoms with van der Waals surface area (Å²) in [6.07, 6.45) is -0.562. The van der Waals surface area contributed by atoms with Gasteiger partial charge in [0.25, 0.3) is 0 Å². The molecule has 2 nitrogen and oxygen atoms in total. The summed E-state index contributed by atoms with van der Waals surface area (Å²) in [6.45, 7) is 3.82. The predicted molar refractivity (Wildman–Crippen MR) is 82.5 cm³/mol. The van der Waals surface area contributed by atoms with Crippen molar-refractivity contribution in [2.45, 2.75) is 44.8 Å². The molecule has 0 spiro atoms. The average Bonchev–Trinajstić information content (AvgIpc) is 2.97. The Balaban J connectivity index is 0.00000242. The Labute approximate surface area is 135 Å². The van der Waals surface area contributed by atoms with E-state index >= 15 is 0 Å². The second kappa shape index (κ2) is 7.97. The first-order chi connectivity index (χ1) is 9.93. The first-order valence-electron chi connectivity index (χ1n) is 7.39. The monoisotopic (exact) mass is 335 g/mol. The maximum absolute atomic E-state index is 12.6. The maximum atomic E-state index is 12.6. The van der Waals surface area contributed by atoms with E-state index in [0.717, 1.165) is 50.9 Å². The third kappa shape index (κ3) is 4.46. The lowest BCUT2D eigenvalue weighted by Gasteiger charge is -2.26. The van der Waals surface area contributed by atoms with Crippen LogP contribution in [0.4, 0.5) is 13.2 Å². The Bertz CT molecular complexity index is 481. The summed E-state index contributed by atoms with van der Waals surface area (Å²) >= 11 is 0.